The van der Waals surface area contributed by atoms with Crippen LogP contribution in [0.2, 0.25) is 0 Å². The number of imidazole rings is 1. The van der Waals surface area contributed by atoms with Gasteiger partial charge in [0.05, 0.1) is 23.1 Å². The third-order valence-corrected chi connectivity index (χ3v) is 2.92. The number of nitro groups is 1. The summed E-state index contributed by atoms with van der Waals surface area (Å²) in [5.74, 6) is -1.76. The molecule has 1 aromatic carbocycles. The maximum Gasteiger partial charge on any atom is 0.351 e. The van der Waals surface area contributed by atoms with Gasteiger partial charge >= 0.3 is 11.9 Å². The highest BCUT2D eigenvalue weighted by molar-refractivity contribution is 6.18. The van der Waals surface area contributed by atoms with E-state index in [1.807, 2.05) is 0 Å². The molecule has 1 N–H and O–H groups in total. The number of esters is 2. The Morgan fingerprint density at radius 3 is 2.35 bits per heavy atom. The molecule has 9 nitrogen and oxygen atoms in total. The zero-order chi connectivity index (χ0) is 19.3. The summed E-state index contributed by atoms with van der Waals surface area (Å²) in [4.78, 5) is 41.4. The van der Waals surface area contributed by atoms with E-state index >= 15 is 0 Å². The van der Waals surface area contributed by atoms with Crippen molar-refractivity contribution in [3.63, 3.8) is 0 Å². The maximum atomic E-state index is 12.4. The quantitative estimate of drug-likeness (QED) is 0.165. The highest BCUT2D eigenvalue weighted by atomic mass is 16.6. The molecule has 0 saturated carbocycles. The van der Waals surface area contributed by atoms with Gasteiger partial charge in [0.15, 0.2) is 0 Å². The second-order valence-corrected chi connectivity index (χ2v) is 6.21. The van der Waals surface area contributed by atoms with Gasteiger partial charge in [-0.05, 0) is 39.0 Å². The molecule has 0 atom stereocenters. The van der Waals surface area contributed by atoms with E-state index in [1.165, 1.54) is 42.9 Å². The third-order valence-electron chi connectivity index (χ3n) is 2.92. The first-order valence-electron chi connectivity index (χ1n) is 7.56. The van der Waals surface area contributed by atoms with Crippen molar-refractivity contribution in [1.29, 1.82) is 0 Å². The van der Waals surface area contributed by atoms with Gasteiger partial charge in [-0.2, -0.15) is 0 Å². The molecule has 0 saturated heterocycles. The molecule has 2 aromatic rings. The van der Waals surface area contributed by atoms with E-state index in [4.69, 9.17) is 9.47 Å². The second kappa shape index (κ2) is 7.60. The predicted molar refractivity (Wildman–Crippen MR) is 91.1 cm³/mol. The van der Waals surface area contributed by atoms with Crippen molar-refractivity contribution < 1.29 is 24.0 Å². The topological polar surface area (TPSA) is 124 Å². The largest absolute Gasteiger partial charge is 0.456 e. The number of carbonyl (C=O) groups is 2. The molecule has 0 unspecified atom stereocenters. The lowest BCUT2D eigenvalue weighted by Gasteiger charge is -2.20. The van der Waals surface area contributed by atoms with Gasteiger partial charge < -0.3 is 14.5 Å². The Morgan fingerprint density at radius 2 is 1.85 bits per heavy atom. The van der Waals surface area contributed by atoms with E-state index in [2.05, 4.69) is 9.97 Å². The minimum atomic E-state index is -0.956. The van der Waals surface area contributed by atoms with Crippen LogP contribution >= 0.6 is 0 Å². The Labute approximate surface area is 148 Å². The molecule has 0 aliphatic carbocycles. The van der Waals surface area contributed by atoms with Crippen molar-refractivity contribution in [3.05, 3.63) is 58.2 Å². The van der Waals surface area contributed by atoms with Crippen LogP contribution in [-0.2, 0) is 14.3 Å². The maximum absolute atomic E-state index is 12.4. The van der Waals surface area contributed by atoms with Crippen LogP contribution in [0.1, 0.15) is 26.5 Å². The predicted octanol–water partition coefficient (Wildman–Crippen LogP) is 2.65. The smallest absolute Gasteiger partial charge is 0.351 e. The summed E-state index contributed by atoms with van der Waals surface area (Å²) >= 11 is 0. The Morgan fingerprint density at radius 1 is 1.19 bits per heavy atom. The van der Waals surface area contributed by atoms with Crippen molar-refractivity contribution in [2.24, 2.45) is 0 Å². The number of nitrogens with zero attached hydrogens (tertiary/aromatic N) is 2. The lowest BCUT2D eigenvalue weighted by Crippen LogP contribution is -2.28. The first-order valence-corrected chi connectivity index (χ1v) is 7.56. The van der Waals surface area contributed by atoms with E-state index < -0.39 is 22.5 Å². The summed E-state index contributed by atoms with van der Waals surface area (Å²) in [5, 5.41) is 10.7. The Bertz CT molecular complexity index is 832. The van der Waals surface area contributed by atoms with Gasteiger partial charge in [-0.25, -0.2) is 14.6 Å². The van der Waals surface area contributed by atoms with Crippen LogP contribution in [0, 0.1) is 10.1 Å². The van der Waals surface area contributed by atoms with E-state index in [0.29, 0.717) is 5.69 Å². The average molecular weight is 359 g/mol. The summed E-state index contributed by atoms with van der Waals surface area (Å²) < 4.78 is 10.4. The molecule has 0 spiro atoms. The third kappa shape index (κ3) is 5.26. The summed E-state index contributed by atoms with van der Waals surface area (Å²) in [6.45, 7) is 5.00. The van der Waals surface area contributed by atoms with E-state index in [-0.39, 0.29) is 17.0 Å². The fourth-order valence-electron chi connectivity index (χ4n) is 1.83. The number of H-pyrrole nitrogens is 1. The number of benzene rings is 1. The van der Waals surface area contributed by atoms with Gasteiger partial charge in [0.2, 0.25) is 0 Å². The van der Waals surface area contributed by atoms with Crippen LogP contribution in [0.5, 0.6) is 5.75 Å². The van der Waals surface area contributed by atoms with Gasteiger partial charge in [-0.1, -0.05) is 0 Å². The molecule has 9 heteroatoms. The molecule has 0 radical (unpaired) electrons. The number of non-ortho nitro benzene ring substituents is 1. The van der Waals surface area contributed by atoms with Crippen LogP contribution in [0.25, 0.3) is 6.08 Å². The number of nitro benzene ring substituents is 1. The number of hydrogen-bond donors (Lipinski definition) is 1. The average Bonchev–Trinajstić information content (AvgIpc) is 3.04. The van der Waals surface area contributed by atoms with Crippen LogP contribution < -0.4 is 4.74 Å². The molecule has 1 aromatic heterocycles. The fraction of sp³-hybridized carbons (Fsp3) is 0.235. The number of carbonyl (C=O) groups excluding carboxylic acids is 2. The number of rotatable bonds is 5. The van der Waals surface area contributed by atoms with Gasteiger partial charge in [0.25, 0.3) is 5.69 Å². The lowest BCUT2D eigenvalue weighted by atomic mass is 10.1. The minimum Gasteiger partial charge on any atom is -0.456 e. The van der Waals surface area contributed by atoms with Crippen molar-refractivity contribution in [1.82, 2.24) is 9.97 Å². The van der Waals surface area contributed by atoms with Gasteiger partial charge in [-0.3, -0.25) is 10.1 Å². The van der Waals surface area contributed by atoms with Crippen LogP contribution in [0.4, 0.5) is 5.69 Å². The SMILES string of the molecule is CC(C)(C)OC(=O)C(=Cc1cnc[nH]1)C(=O)Oc1ccc([N+](=O)[O-])cc1. The van der Waals surface area contributed by atoms with E-state index in [9.17, 15) is 19.7 Å². The normalized spacial score (nSPS) is 11.7. The highest BCUT2D eigenvalue weighted by Crippen LogP contribution is 2.20. The van der Waals surface area contributed by atoms with Crippen molar-refractivity contribution in [2.45, 2.75) is 26.4 Å². The zero-order valence-electron chi connectivity index (χ0n) is 14.4. The molecule has 0 amide bonds. The summed E-state index contributed by atoms with van der Waals surface area (Å²) in [6.07, 6.45) is 4.07. The number of aromatic nitrogens is 2. The first kappa shape index (κ1) is 18.8. The van der Waals surface area contributed by atoms with Gasteiger partial charge in [0.1, 0.15) is 16.9 Å². The Kier molecular flexibility index (Phi) is 5.51. The minimum absolute atomic E-state index is 0.0552. The van der Waals surface area contributed by atoms with Crippen molar-refractivity contribution >= 4 is 23.7 Å². The molecule has 1 heterocycles. The van der Waals surface area contributed by atoms with E-state index in [1.54, 1.807) is 20.8 Å². The molecule has 2 rings (SSSR count). The summed E-state index contributed by atoms with van der Waals surface area (Å²) in [7, 11) is 0. The van der Waals surface area contributed by atoms with Crippen LogP contribution in [0.15, 0.2) is 42.4 Å². The number of aromatic amines is 1. The Balaban J connectivity index is 2.25. The van der Waals surface area contributed by atoms with Crippen molar-refractivity contribution in [3.8, 4) is 5.75 Å². The van der Waals surface area contributed by atoms with E-state index in [0.717, 1.165) is 0 Å². The van der Waals surface area contributed by atoms with Gasteiger partial charge in [0, 0.05) is 12.1 Å². The second-order valence-electron chi connectivity index (χ2n) is 6.21. The van der Waals surface area contributed by atoms with Gasteiger partial charge in [-0.15, -0.1) is 0 Å². The highest BCUT2D eigenvalue weighted by Gasteiger charge is 2.27. The standard InChI is InChI=1S/C17H17N3O6/c1-17(2,3)26-16(22)14(8-11-9-18-10-19-11)15(21)25-13-6-4-12(5-7-13)20(23)24/h4-10H,1-3H3,(H,18,19). The lowest BCUT2D eigenvalue weighted by molar-refractivity contribution is -0.384. The molecule has 0 aliphatic rings. The molecule has 0 aliphatic heterocycles. The summed E-state index contributed by atoms with van der Waals surface area (Å²) in [5.41, 5.74) is -0.892. The number of nitrogens with one attached hydrogen (secondary N) is 1. The first-order chi connectivity index (χ1) is 12.2. The van der Waals surface area contributed by atoms with Crippen LogP contribution in [0.3, 0.4) is 0 Å². The molecule has 26 heavy (non-hydrogen) atoms. The fourth-order valence-corrected chi connectivity index (χ4v) is 1.83. The monoisotopic (exact) mass is 359 g/mol. The molecular formula is C17H17N3O6. The summed E-state index contributed by atoms with van der Waals surface area (Å²) in [6, 6.07) is 4.90. The number of ether oxygens (including phenoxy) is 2. The molecule has 136 valence electrons. The van der Waals surface area contributed by atoms with Crippen molar-refractivity contribution in [2.75, 3.05) is 0 Å². The van der Waals surface area contributed by atoms with Crippen LogP contribution in [-0.4, -0.2) is 32.4 Å². The Hall–Kier alpha value is -3.49. The molecule has 0 fully saturated rings. The molecular weight excluding hydrogens is 342 g/mol. The molecule has 0 bridgehead atoms. The zero-order valence-corrected chi connectivity index (χ0v) is 14.4. The number of hydrogen-bond acceptors (Lipinski definition) is 7.